The van der Waals surface area contributed by atoms with Crippen LogP contribution >= 0.6 is 11.6 Å². The van der Waals surface area contributed by atoms with Crippen molar-refractivity contribution in [3.63, 3.8) is 0 Å². The van der Waals surface area contributed by atoms with E-state index in [2.05, 4.69) is 5.32 Å². The number of carbonyl (C=O) groups excluding carboxylic acids is 1. The monoisotopic (exact) mass is 301 g/mol. The lowest BCUT2D eigenvalue weighted by atomic mass is 10.0. The molecule has 21 heavy (non-hydrogen) atoms. The SMILES string of the molecule is Cc1ccc(C)c(C(=O)NCCCc2ccc(Cl)cc2)c1. The summed E-state index contributed by atoms with van der Waals surface area (Å²) in [5.41, 5.74) is 4.12. The lowest BCUT2D eigenvalue weighted by molar-refractivity contribution is 0.0952. The average molecular weight is 302 g/mol. The number of benzene rings is 2. The van der Waals surface area contributed by atoms with E-state index in [0.29, 0.717) is 6.54 Å². The van der Waals surface area contributed by atoms with Crippen molar-refractivity contribution in [3.8, 4) is 0 Å². The molecule has 0 aliphatic rings. The van der Waals surface area contributed by atoms with Gasteiger partial charge in [-0.3, -0.25) is 4.79 Å². The number of hydrogen-bond acceptors (Lipinski definition) is 1. The molecule has 0 aliphatic heterocycles. The number of aryl methyl sites for hydroxylation is 3. The second-order valence-electron chi connectivity index (χ2n) is 5.30. The number of carbonyl (C=O) groups is 1. The Morgan fingerprint density at radius 1 is 1.10 bits per heavy atom. The van der Waals surface area contributed by atoms with Gasteiger partial charge < -0.3 is 5.32 Å². The minimum Gasteiger partial charge on any atom is -0.352 e. The van der Waals surface area contributed by atoms with E-state index in [0.717, 1.165) is 34.6 Å². The fraction of sp³-hybridized carbons (Fsp3) is 0.278. The van der Waals surface area contributed by atoms with Crippen molar-refractivity contribution in [2.45, 2.75) is 26.7 Å². The molecule has 0 aromatic heterocycles. The minimum atomic E-state index is 0.00676. The third kappa shape index (κ3) is 4.61. The predicted molar refractivity (Wildman–Crippen MR) is 88.0 cm³/mol. The molecule has 1 amide bonds. The standard InChI is InChI=1S/C18H20ClNO/c1-13-5-6-14(2)17(12-13)18(21)20-11-3-4-15-7-9-16(19)10-8-15/h5-10,12H,3-4,11H2,1-2H3,(H,20,21). The van der Waals surface area contributed by atoms with Gasteiger partial charge in [0.2, 0.25) is 0 Å². The van der Waals surface area contributed by atoms with E-state index in [4.69, 9.17) is 11.6 Å². The molecule has 0 saturated carbocycles. The topological polar surface area (TPSA) is 29.1 Å². The van der Waals surface area contributed by atoms with Gasteiger partial charge in [0.05, 0.1) is 0 Å². The van der Waals surface area contributed by atoms with Gasteiger partial charge in [0.25, 0.3) is 5.91 Å². The van der Waals surface area contributed by atoms with Crippen molar-refractivity contribution in [2.75, 3.05) is 6.54 Å². The third-order valence-corrected chi connectivity index (χ3v) is 3.73. The van der Waals surface area contributed by atoms with Crippen LogP contribution in [0.25, 0.3) is 0 Å². The first-order chi connectivity index (χ1) is 10.1. The van der Waals surface area contributed by atoms with Gasteiger partial charge in [-0.2, -0.15) is 0 Å². The Kier molecular flexibility index (Phi) is 5.40. The summed E-state index contributed by atoms with van der Waals surface area (Å²) in [6, 6.07) is 13.8. The summed E-state index contributed by atoms with van der Waals surface area (Å²) < 4.78 is 0. The van der Waals surface area contributed by atoms with E-state index in [-0.39, 0.29) is 5.91 Å². The van der Waals surface area contributed by atoms with Crippen LogP contribution in [0.15, 0.2) is 42.5 Å². The lowest BCUT2D eigenvalue weighted by Gasteiger charge is -2.08. The van der Waals surface area contributed by atoms with Gasteiger partial charge in [-0.05, 0) is 56.0 Å². The molecule has 0 fully saturated rings. The van der Waals surface area contributed by atoms with E-state index in [1.165, 1.54) is 5.56 Å². The summed E-state index contributed by atoms with van der Waals surface area (Å²) in [6.07, 6.45) is 1.85. The Labute approximate surface area is 131 Å². The Hall–Kier alpha value is -1.80. The highest BCUT2D eigenvalue weighted by Crippen LogP contribution is 2.12. The van der Waals surface area contributed by atoms with Crippen molar-refractivity contribution in [2.24, 2.45) is 0 Å². The molecule has 0 spiro atoms. The molecule has 0 bridgehead atoms. The Balaban J connectivity index is 1.81. The highest BCUT2D eigenvalue weighted by Gasteiger charge is 2.08. The maximum Gasteiger partial charge on any atom is 0.251 e. The van der Waals surface area contributed by atoms with Gasteiger partial charge in [0.1, 0.15) is 0 Å². The summed E-state index contributed by atoms with van der Waals surface area (Å²) in [5.74, 6) is 0.00676. The van der Waals surface area contributed by atoms with Gasteiger partial charge in [0.15, 0.2) is 0 Å². The van der Waals surface area contributed by atoms with Crippen LogP contribution in [0.5, 0.6) is 0 Å². The molecule has 2 aromatic carbocycles. The van der Waals surface area contributed by atoms with Crippen molar-refractivity contribution < 1.29 is 4.79 Å². The molecule has 0 unspecified atom stereocenters. The molecule has 2 aromatic rings. The zero-order valence-electron chi connectivity index (χ0n) is 12.4. The molecule has 0 saturated heterocycles. The lowest BCUT2D eigenvalue weighted by Crippen LogP contribution is -2.25. The molecule has 3 heteroatoms. The van der Waals surface area contributed by atoms with E-state index >= 15 is 0 Å². The molecule has 0 heterocycles. The number of halogens is 1. The predicted octanol–water partition coefficient (Wildman–Crippen LogP) is 4.32. The van der Waals surface area contributed by atoms with E-state index < -0.39 is 0 Å². The smallest absolute Gasteiger partial charge is 0.251 e. The summed E-state index contributed by atoms with van der Waals surface area (Å²) >= 11 is 5.85. The van der Waals surface area contributed by atoms with Gasteiger partial charge >= 0.3 is 0 Å². The Morgan fingerprint density at radius 2 is 1.81 bits per heavy atom. The van der Waals surface area contributed by atoms with Gasteiger partial charge in [-0.15, -0.1) is 0 Å². The zero-order chi connectivity index (χ0) is 15.2. The highest BCUT2D eigenvalue weighted by atomic mass is 35.5. The largest absolute Gasteiger partial charge is 0.352 e. The molecule has 0 aliphatic carbocycles. The van der Waals surface area contributed by atoms with E-state index in [1.807, 2.05) is 56.3 Å². The molecular formula is C18H20ClNO. The molecule has 1 N–H and O–H groups in total. The van der Waals surface area contributed by atoms with Crippen LogP contribution in [-0.4, -0.2) is 12.5 Å². The zero-order valence-corrected chi connectivity index (χ0v) is 13.2. The van der Waals surface area contributed by atoms with Crippen molar-refractivity contribution in [1.29, 1.82) is 0 Å². The van der Waals surface area contributed by atoms with Crippen LogP contribution in [-0.2, 0) is 6.42 Å². The number of nitrogens with one attached hydrogen (secondary N) is 1. The molecular weight excluding hydrogens is 282 g/mol. The van der Waals surface area contributed by atoms with Crippen molar-refractivity contribution in [1.82, 2.24) is 5.32 Å². The van der Waals surface area contributed by atoms with Crippen molar-refractivity contribution >= 4 is 17.5 Å². The molecule has 110 valence electrons. The maximum absolute atomic E-state index is 12.1. The first kappa shape index (κ1) is 15.6. The summed E-state index contributed by atoms with van der Waals surface area (Å²) in [5, 5.41) is 3.74. The highest BCUT2D eigenvalue weighted by molar-refractivity contribution is 6.30. The van der Waals surface area contributed by atoms with E-state index in [9.17, 15) is 4.79 Å². The van der Waals surface area contributed by atoms with Crippen LogP contribution in [0, 0.1) is 13.8 Å². The molecule has 2 nitrogen and oxygen atoms in total. The Morgan fingerprint density at radius 3 is 2.52 bits per heavy atom. The average Bonchev–Trinajstić information content (AvgIpc) is 2.47. The van der Waals surface area contributed by atoms with Gasteiger partial charge in [-0.25, -0.2) is 0 Å². The maximum atomic E-state index is 12.1. The van der Waals surface area contributed by atoms with Gasteiger partial charge in [-0.1, -0.05) is 41.4 Å². The van der Waals surface area contributed by atoms with Crippen LogP contribution in [0.3, 0.4) is 0 Å². The summed E-state index contributed by atoms with van der Waals surface area (Å²) in [6.45, 7) is 4.63. The third-order valence-electron chi connectivity index (χ3n) is 3.48. The second kappa shape index (κ2) is 7.28. The summed E-state index contributed by atoms with van der Waals surface area (Å²) in [4.78, 5) is 12.1. The normalized spacial score (nSPS) is 10.4. The summed E-state index contributed by atoms with van der Waals surface area (Å²) in [7, 11) is 0. The first-order valence-corrected chi connectivity index (χ1v) is 7.54. The van der Waals surface area contributed by atoms with Crippen LogP contribution in [0.4, 0.5) is 0 Å². The Bertz CT molecular complexity index is 620. The molecule has 2 rings (SSSR count). The minimum absolute atomic E-state index is 0.00676. The number of amides is 1. The second-order valence-corrected chi connectivity index (χ2v) is 5.74. The van der Waals surface area contributed by atoms with Gasteiger partial charge in [0, 0.05) is 17.1 Å². The fourth-order valence-electron chi connectivity index (χ4n) is 2.22. The van der Waals surface area contributed by atoms with E-state index in [1.54, 1.807) is 0 Å². The molecule has 0 atom stereocenters. The van der Waals surface area contributed by atoms with Crippen LogP contribution in [0.1, 0.15) is 33.5 Å². The molecule has 0 radical (unpaired) electrons. The van der Waals surface area contributed by atoms with Crippen LogP contribution < -0.4 is 5.32 Å². The van der Waals surface area contributed by atoms with Crippen molar-refractivity contribution in [3.05, 3.63) is 69.7 Å². The fourth-order valence-corrected chi connectivity index (χ4v) is 2.35. The quantitative estimate of drug-likeness (QED) is 0.819. The first-order valence-electron chi connectivity index (χ1n) is 7.16. The number of hydrogen-bond donors (Lipinski definition) is 1. The number of rotatable bonds is 5. The van der Waals surface area contributed by atoms with Crippen LogP contribution in [0.2, 0.25) is 5.02 Å².